The molecule has 0 bridgehead atoms. The molecular formula is C14H12Br2O. The highest BCUT2D eigenvalue weighted by molar-refractivity contribution is 9.10. The fraction of sp³-hybridized carbons (Fsp3) is 0.143. The van der Waals surface area contributed by atoms with Gasteiger partial charge in [-0.15, -0.1) is 0 Å². The van der Waals surface area contributed by atoms with E-state index in [0.29, 0.717) is 5.75 Å². The Balaban J connectivity index is 2.61. The van der Waals surface area contributed by atoms with E-state index in [4.69, 9.17) is 0 Å². The first-order valence-corrected chi connectivity index (χ1v) is 6.84. The molecule has 0 aromatic heterocycles. The van der Waals surface area contributed by atoms with Gasteiger partial charge in [-0.2, -0.15) is 0 Å². The zero-order valence-electron chi connectivity index (χ0n) is 9.59. The topological polar surface area (TPSA) is 20.2 Å². The number of benzene rings is 2. The highest BCUT2D eigenvalue weighted by atomic mass is 79.9. The molecule has 2 aromatic carbocycles. The van der Waals surface area contributed by atoms with Crippen molar-refractivity contribution in [2.45, 2.75) is 13.8 Å². The van der Waals surface area contributed by atoms with E-state index in [1.165, 1.54) is 0 Å². The summed E-state index contributed by atoms with van der Waals surface area (Å²) in [5.74, 6) is 0.334. The molecule has 0 saturated heterocycles. The van der Waals surface area contributed by atoms with Crippen LogP contribution >= 0.6 is 31.9 Å². The molecule has 0 atom stereocenters. The lowest BCUT2D eigenvalue weighted by Crippen LogP contribution is -1.85. The van der Waals surface area contributed by atoms with E-state index in [9.17, 15) is 5.11 Å². The zero-order chi connectivity index (χ0) is 12.6. The predicted octanol–water partition coefficient (Wildman–Crippen LogP) is 5.20. The van der Waals surface area contributed by atoms with Gasteiger partial charge < -0.3 is 5.11 Å². The number of phenols is 1. The Morgan fingerprint density at radius 2 is 1.59 bits per heavy atom. The van der Waals surface area contributed by atoms with Crippen LogP contribution in [-0.4, -0.2) is 5.11 Å². The molecule has 0 radical (unpaired) electrons. The number of aromatic hydroxyl groups is 1. The number of hydrogen-bond donors (Lipinski definition) is 1. The third kappa shape index (κ3) is 2.40. The van der Waals surface area contributed by atoms with Crippen LogP contribution < -0.4 is 0 Å². The van der Waals surface area contributed by atoms with Gasteiger partial charge in [0, 0.05) is 20.1 Å². The third-order valence-electron chi connectivity index (χ3n) is 2.83. The van der Waals surface area contributed by atoms with Gasteiger partial charge in [-0.3, -0.25) is 0 Å². The van der Waals surface area contributed by atoms with Gasteiger partial charge in [-0.05, 0) is 43.2 Å². The summed E-state index contributed by atoms with van der Waals surface area (Å²) >= 11 is 6.89. The minimum Gasteiger partial charge on any atom is -0.507 e. The van der Waals surface area contributed by atoms with Gasteiger partial charge in [0.2, 0.25) is 0 Å². The molecule has 17 heavy (non-hydrogen) atoms. The molecule has 0 saturated carbocycles. The zero-order valence-corrected chi connectivity index (χ0v) is 12.8. The van der Waals surface area contributed by atoms with Gasteiger partial charge in [0.15, 0.2) is 0 Å². The van der Waals surface area contributed by atoms with Crippen molar-refractivity contribution in [3.05, 3.63) is 50.4 Å². The molecule has 0 amide bonds. The fourth-order valence-corrected chi connectivity index (χ4v) is 2.29. The standard InChI is InChI=1S/C14H12Br2O/c1-8-7-10(3-5-12(8)15)11-4-6-13(16)9(2)14(11)17/h3-7,17H,1-2H3. The predicted molar refractivity (Wildman–Crippen MR) is 78.4 cm³/mol. The van der Waals surface area contributed by atoms with Crippen LogP contribution in [0, 0.1) is 13.8 Å². The van der Waals surface area contributed by atoms with Gasteiger partial charge in [-0.1, -0.05) is 44.0 Å². The summed E-state index contributed by atoms with van der Waals surface area (Å²) in [6.07, 6.45) is 0. The minimum absolute atomic E-state index is 0.334. The number of rotatable bonds is 1. The summed E-state index contributed by atoms with van der Waals surface area (Å²) < 4.78 is 2.00. The van der Waals surface area contributed by atoms with Crippen LogP contribution in [0.1, 0.15) is 11.1 Å². The van der Waals surface area contributed by atoms with Crippen molar-refractivity contribution in [3.8, 4) is 16.9 Å². The Hall–Kier alpha value is -0.800. The molecule has 1 N–H and O–H groups in total. The van der Waals surface area contributed by atoms with E-state index in [0.717, 1.165) is 31.2 Å². The summed E-state index contributed by atoms with van der Waals surface area (Å²) in [4.78, 5) is 0. The number of halogens is 2. The van der Waals surface area contributed by atoms with Crippen molar-refractivity contribution in [1.29, 1.82) is 0 Å². The molecule has 0 aliphatic carbocycles. The fourth-order valence-electron chi connectivity index (χ4n) is 1.72. The summed E-state index contributed by atoms with van der Waals surface area (Å²) in [6.45, 7) is 3.94. The average Bonchev–Trinajstić information content (AvgIpc) is 2.30. The van der Waals surface area contributed by atoms with Crippen molar-refractivity contribution in [2.75, 3.05) is 0 Å². The molecule has 88 valence electrons. The van der Waals surface area contributed by atoms with E-state index in [1.54, 1.807) is 0 Å². The second-order valence-corrected chi connectivity index (χ2v) is 5.74. The van der Waals surface area contributed by atoms with Crippen LogP contribution in [0.2, 0.25) is 0 Å². The molecule has 1 nitrogen and oxygen atoms in total. The quantitative estimate of drug-likeness (QED) is 0.745. The van der Waals surface area contributed by atoms with Gasteiger partial charge in [0.05, 0.1) is 0 Å². The van der Waals surface area contributed by atoms with Crippen LogP contribution in [0.4, 0.5) is 0 Å². The number of aryl methyl sites for hydroxylation is 1. The Morgan fingerprint density at radius 1 is 0.941 bits per heavy atom. The van der Waals surface area contributed by atoms with E-state index in [2.05, 4.69) is 37.9 Å². The van der Waals surface area contributed by atoms with Crippen molar-refractivity contribution < 1.29 is 5.11 Å². The molecule has 0 aliphatic rings. The average molecular weight is 356 g/mol. The maximum atomic E-state index is 10.2. The van der Waals surface area contributed by atoms with Crippen LogP contribution in [0.5, 0.6) is 5.75 Å². The van der Waals surface area contributed by atoms with Gasteiger partial charge >= 0.3 is 0 Å². The minimum atomic E-state index is 0.334. The lowest BCUT2D eigenvalue weighted by Gasteiger charge is -2.10. The van der Waals surface area contributed by atoms with Crippen molar-refractivity contribution in [2.24, 2.45) is 0 Å². The van der Waals surface area contributed by atoms with Gasteiger partial charge in [0.1, 0.15) is 5.75 Å². The van der Waals surface area contributed by atoms with Crippen LogP contribution in [0.3, 0.4) is 0 Å². The Morgan fingerprint density at radius 3 is 2.24 bits per heavy atom. The van der Waals surface area contributed by atoms with Gasteiger partial charge in [-0.25, -0.2) is 0 Å². The molecule has 0 spiro atoms. The molecular weight excluding hydrogens is 344 g/mol. The Labute approximate surface area is 118 Å². The van der Waals surface area contributed by atoms with Crippen LogP contribution in [0.15, 0.2) is 39.3 Å². The first-order valence-electron chi connectivity index (χ1n) is 5.25. The summed E-state index contributed by atoms with van der Waals surface area (Å²) in [5.41, 5.74) is 3.91. The highest BCUT2D eigenvalue weighted by Crippen LogP contribution is 2.36. The molecule has 0 fully saturated rings. The maximum absolute atomic E-state index is 10.2. The lowest BCUT2D eigenvalue weighted by molar-refractivity contribution is 0.472. The lowest BCUT2D eigenvalue weighted by atomic mass is 10.0. The molecule has 0 aliphatic heterocycles. The SMILES string of the molecule is Cc1cc(-c2ccc(Br)c(C)c2O)ccc1Br. The first-order chi connectivity index (χ1) is 8.00. The van der Waals surface area contributed by atoms with Gasteiger partial charge in [0.25, 0.3) is 0 Å². The highest BCUT2D eigenvalue weighted by Gasteiger charge is 2.09. The molecule has 2 aromatic rings. The third-order valence-corrected chi connectivity index (χ3v) is 4.58. The smallest absolute Gasteiger partial charge is 0.127 e. The van der Waals surface area contributed by atoms with E-state index in [1.807, 2.05) is 38.1 Å². The molecule has 0 heterocycles. The maximum Gasteiger partial charge on any atom is 0.127 e. The molecule has 2 rings (SSSR count). The van der Waals surface area contributed by atoms with Crippen molar-refractivity contribution >= 4 is 31.9 Å². The van der Waals surface area contributed by atoms with Crippen molar-refractivity contribution in [3.63, 3.8) is 0 Å². The molecule has 0 unspecified atom stereocenters. The Kier molecular flexibility index (Phi) is 3.59. The monoisotopic (exact) mass is 354 g/mol. The largest absolute Gasteiger partial charge is 0.507 e. The van der Waals surface area contributed by atoms with Crippen LogP contribution in [-0.2, 0) is 0 Å². The normalized spacial score (nSPS) is 10.6. The first kappa shape index (κ1) is 12.7. The Bertz CT molecular complexity index is 577. The summed E-state index contributed by atoms with van der Waals surface area (Å²) in [6, 6.07) is 9.95. The number of phenolic OH excluding ortho intramolecular Hbond substituents is 1. The second kappa shape index (κ2) is 4.83. The van der Waals surface area contributed by atoms with Crippen molar-refractivity contribution in [1.82, 2.24) is 0 Å². The van der Waals surface area contributed by atoms with E-state index < -0.39 is 0 Å². The second-order valence-electron chi connectivity index (χ2n) is 4.03. The number of hydrogen-bond acceptors (Lipinski definition) is 1. The van der Waals surface area contributed by atoms with Crippen LogP contribution in [0.25, 0.3) is 11.1 Å². The molecule has 3 heteroatoms. The van der Waals surface area contributed by atoms with E-state index >= 15 is 0 Å². The summed E-state index contributed by atoms with van der Waals surface area (Å²) in [7, 11) is 0. The van der Waals surface area contributed by atoms with E-state index in [-0.39, 0.29) is 0 Å². The summed E-state index contributed by atoms with van der Waals surface area (Å²) in [5, 5.41) is 10.2.